The normalized spacial score (nSPS) is 11.6. The summed E-state index contributed by atoms with van der Waals surface area (Å²) < 4.78 is 0. The van der Waals surface area contributed by atoms with Gasteiger partial charge in [0.15, 0.2) is 0 Å². The Bertz CT molecular complexity index is 792. The van der Waals surface area contributed by atoms with Gasteiger partial charge in [0.2, 0.25) is 0 Å². The van der Waals surface area contributed by atoms with Crippen molar-refractivity contribution in [3.05, 3.63) is 12.2 Å². The second-order valence-corrected chi connectivity index (χ2v) is 17.9. The standard InChI is InChI=1S/C52H100O4/c53-51(54)49-47-45-43-41-39-37-35-33-31-29-27-25-23-21-19-17-15-13-11-9-7-5-3-1-2-4-6-8-10-12-14-16-18-20-22-24-26-28-30-32-34-36-38-40-42-44-46-48-50-52(55)56/h47,49H,1-46,48,50H2,(H,53,54)(H,55,56). The summed E-state index contributed by atoms with van der Waals surface area (Å²) in [6.07, 6.45) is 68.6. The molecule has 0 aliphatic heterocycles. The lowest BCUT2D eigenvalue weighted by Crippen LogP contribution is -1.93. The van der Waals surface area contributed by atoms with Gasteiger partial charge in [-0.15, -0.1) is 0 Å². The maximum absolute atomic E-state index is 10.5. The van der Waals surface area contributed by atoms with E-state index in [4.69, 9.17) is 10.2 Å². The fraction of sp³-hybridized carbons (Fsp3) is 0.923. The summed E-state index contributed by atoms with van der Waals surface area (Å²) in [4.78, 5) is 20.9. The molecule has 0 saturated heterocycles. The molecule has 0 aliphatic rings. The van der Waals surface area contributed by atoms with Gasteiger partial charge >= 0.3 is 11.9 Å². The molecule has 0 fully saturated rings. The summed E-state index contributed by atoms with van der Waals surface area (Å²) >= 11 is 0. The third kappa shape index (κ3) is 52.7. The van der Waals surface area contributed by atoms with Gasteiger partial charge in [0.1, 0.15) is 0 Å². The smallest absolute Gasteiger partial charge is 0.327 e. The molecule has 0 bridgehead atoms. The van der Waals surface area contributed by atoms with Crippen molar-refractivity contribution >= 4 is 11.9 Å². The summed E-state index contributed by atoms with van der Waals surface area (Å²) in [5.74, 6) is -1.48. The third-order valence-electron chi connectivity index (χ3n) is 12.3. The Hall–Kier alpha value is -1.32. The summed E-state index contributed by atoms with van der Waals surface area (Å²) in [6.45, 7) is 0. The predicted molar refractivity (Wildman–Crippen MR) is 246 cm³/mol. The van der Waals surface area contributed by atoms with Gasteiger partial charge in [-0.3, -0.25) is 4.79 Å². The Balaban J connectivity index is 3.07. The molecule has 4 nitrogen and oxygen atoms in total. The monoisotopic (exact) mass is 789 g/mol. The van der Waals surface area contributed by atoms with E-state index in [2.05, 4.69) is 0 Å². The number of hydrogen-bond acceptors (Lipinski definition) is 2. The summed E-state index contributed by atoms with van der Waals surface area (Å²) in [7, 11) is 0. The van der Waals surface area contributed by atoms with E-state index in [0.29, 0.717) is 6.42 Å². The minimum absolute atomic E-state index is 0.343. The molecule has 0 aromatic carbocycles. The van der Waals surface area contributed by atoms with Crippen LogP contribution in [0.5, 0.6) is 0 Å². The van der Waals surface area contributed by atoms with E-state index in [-0.39, 0.29) is 0 Å². The van der Waals surface area contributed by atoms with E-state index in [9.17, 15) is 9.59 Å². The molecular formula is C52H100O4. The van der Waals surface area contributed by atoms with E-state index in [1.807, 2.05) is 0 Å². The average molecular weight is 789 g/mol. The Kier molecular flexibility index (Phi) is 48.7. The van der Waals surface area contributed by atoms with Crippen LogP contribution in [-0.4, -0.2) is 22.2 Å². The van der Waals surface area contributed by atoms with Gasteiger partial charge in [0.25, 0.3) is 0 Å². The van der Waals surface area contributed by atoms with Crippen LogP contribution < -0.4 is 0 Å². The average Bonchev–Trinajstić information content (AvgIpc) is 3.18. The first-order chi connectivity index (χ1) is 27.6. The predicted octanol–water partition coefficient (Wildman–Crippen LogP) is 18.4. The van der Waals surface area contributed by atoms with Gasteiger partial charge < -0.3 is 10.2 Å². The van der Waals surface area contributed by atoms with Crippen LogP contribution in [0.1, 0.15) is 308 Å². The molecule has 0 spiro atoms. The highest BCUT2D eigenvalue weighted by atomic mass is 16.4. The highest BCUT2D eigenvalue weighted by molar-refractivity contribution is 5.79. The summed E-state index contributed by atoms with van der Waals surface area (Å²) in [5.41, 5.74) is 0. The van der Waals surface area contributed by atoms with Crippen LogP contribution in [0.15, 0.2) is 12.2 Å². The van der Waals surface area contributed by atoms with Crippen molar-refractivity contribution in [1.29, 1.82) is 0 Å². The van der Waals surface area contributed by atoms with Crippen molar-refractivity contribution in [3.8, 4) is 0 Å². The number of rotatable bonds is 50. The van der Waals surface area contributed by atoms with Gasteiger partial charge in [-0.05, 0) is 19.3 Å². The van der Waals surface area contributed by atoms with Crippen LogP contribution in [0.2, 0.25) is 0 Å². The van der Waals surface area contributed by atoms with Gasteiger partial charge in [-0.1, -0.05) is 289 Å². The topological polar surface area (TPSA) is 74.6 Å². The minimum atomic E-state index is -0.830. The van der Waals surface area contributed by atoms with Crippen molar-refractivity contribution in [2.45, 2.75) is 308 Å². The maximum atomic E-state index is 10.5. The third-order valence-corrected chi connectivity index (χ3v) is 12.3. The molecule has 0 atom stereocenters. The Morgan fingerprint density at radius 1 is 0.250 bits per heavy atom. The van der Waals surface area contributed by atoms with Crippen LogP contribution in [0.4, 0.5) is 0 Å². The second-order valence-electron chi connectivity index (χ2n) is 17.9. The van der Waals surface area contributed by atoms with Gasteiger partial charge in [0, 0.05) is 12.5 Å². The van der Waals surface area contributed by atoms with Crippen molar-refractivity contribution < 1.29 is 19.8 Å². The first-order valence-electron chi connectivity index (χ1n) is 25.7. The van der Waals surface area contributed by atoms with Crippen molar-refractivity contribution in [1.82, 2.24) is 0 Å². The quantitative estimate of drug-likeness (QED) is 0.0475. The molecule has 4 heteroatoms. The molecule has 0 saturated carbocycles. The van der Waals surface area contributed by atoms with Gasteiger partial charge in [-0.25, -0.2) is 4.79 Å². The van der Waals surface area contributed by atoms with E-state index in [1.165, 1.54) is 282 Å². The van der Waals surface area contributed by atoms with Gasteiger partial charge in [0.05, 0.1) is 0 Å². The lowest BCUT2D eigenvalue weighted by Gasteiger charge is -2.05. The van der Waals surface area contributed by atoms with Gasteiger partial charge in [-0.2, -0.15) is 0 Å². The van der Waals surface area contributed by atoms with Crippen LogP contribution in [0.3, 0.4) is 0 Å². The maximum Gasteiger partial charge on any atom is 0.327 e. The lowest BCUT2D eigenvalue weighted by atomic mass is 10.0. The van der Waals surface area contributed by atoms with Crippen LogP contribution in [0, 0.1) is 0 Å². The largest absolute Gasteiger partial charge is 0.481 e. The highest BCUT2D eigenvalue weighted by Gasteiger charge is 2.00. The molecule has 0 amide bonds. The molecule has 56 heavy (non-hydrogen) atoms. The highest BCUT2D eigenvalue weighted by Crippen LogP contribution is 2.18. The van der Waals surface area contributed by atoms with E-state index < -0.39 is 11.9 Å². The molecule has 0 aromatic rings. The molecule has 0 rings (SSSR count). The molecular weight excluding hydrogens is 689 g/mol. The van der Waals surface area contributed by atoms with Crippen LogP contribution in [0.25, 0.3) is 0 Å². The zero-order valence-corrected chi connectivity index (χ0v) is 37.8. The van der Waals surface area contributed by atoms with Crippen molar-refractivity contribution in [2.75, 3.05) is 0 Å². The number of hydrogen-bond donors (Lipinski definition) is 2. The fourth-order valence-electron chi connectivity index (χ4n) is 8.50. The Morgan fingerprint density at radius 2 is 0.411 bits per heavy atom. The zero-order valence-electron chi connectivity index (χ0n) is 37.8. The van der Waals surface area contributed by atoms with E-state index >= 15 is 0 Å². The second kappa shape index (κ2) is 49.8. The molecule has 2 N–H and O–H groups in total. The number of unbranched alkanes of at least 4 members (excludes halogenated alkanes) is 46. The van der Waals surface area contributed by atoms with E-state index in [1.54, 1.807) is 6.08 Å². The van der Waals surface area contributed by atoms with Crippen molar-refractivity contribution in [2.24, 2.45) is 0 Å². The Morgan fingerprint density at radius 3 is 0.571 bits per heavy atom. The number of carboxylic acids is 2. The SMILES string of the molecule is O=C(O)C=CCCCCCCCCCCCCCCCCCCCCCCCCCCCCCCCCCCCCCCCCCCCCCCCCC(=O)O. The number of carboxylic acid groups (broad SMARTS) is 2. The van der Waals surface area contributed by atoms with Crippen LogP contribution >= 0.6 is 0 Å². The van der Waals surface area contributed by atoms with Crippen LogP contribution in [-0.2, 0) is 9.59 Å². The fourth-order valence-corrected chi connectivity index (χ4v) is 8.50. The number of aliphatic carboxylic acids is 2. The molecule has 0 radical (unpaired) electrons. The number of allylic oxidation sites excluding steroid dienone is 1. The van der Waals surface area contributed by atoms with E-state index in [0.717, 1.165) is 25.7 Å². The molecule has 0 heterocycles. The number of carbonyl (C=O) groups is 2. The Labute approximate surface area is 351 Å². The first kappa shape index (κ1) is 54.7. The zero-order chi connectivity index (χ0) is 40.5. The minimum Gasteiger partial charge on any atom is -0.481 e. The summed E-state index contributed by atoms with van der Waals surface area (Å²) in [5, 5.41) is 17.2. The van der Waals surface area contributed by atoms with Crippen molar-refractivity contribution in [3.63, 3.8) is 0 Å². The molecule has 332 valence electrons. The lowest BCUT2D eigenvalue weighted by molar-refractivity contribution is -0.137. The molecule has 0 aliphatic carbocycles. The molecule has 0 aromatic heterocycles. The molecule has 0 unspecified atom stereocenters. The first-order valence-corrected chi connectivity index (χ1v) is 25.7. The summed E-state index contributed by atoms with van der Waals surface area (Å²) in [6, 6.07) is 0.